The summed E-state index contributed by atoms with van der Waals surface area (Å²) in [5.74, 6) is 1.58. The fourth-order valence-corrected chi connectivity index (χ4v) is 4.03. The van der Waals surface area contributed by atoms with Crippen molar-refractivity contribution in [2.45, 2.75) is 84.2 Å². The van der Waals surface area contributed by atoms with Gasteiger partial charge in [0, 0.05) is 18.6 Å². The van der Waals surface area contributed by atoms with E-state index in [2.05, 4.69) is 25.7 Å². The number of nitrogens with two attached hydrogens (primary N) is 1. The van der Waals surface area contributed by atoms with Crippen LogP contribution >= 0.6 is 0 Å². The van der Waals surface area contributed by atoms with E-state index in [-0.39, 0.29) is 12.0 Å². The van der Waals surface area contributed by atoms with E-state index in [9.17, 15) is 4.79 Å². The van der Waals surface area contributed by atoms with Gasteiger partial charge in [0.05, 0.1) is 5.92 Å². The normalized spacial score (nSPS) is 30.8. The third-order valence-corrected chi connectivity index (χ3v) is 5.61. The molecule has 0 aromatic heterocycles. The van der Waals surface area contributed by atoms with Crippen LogP contribution in [0.2, 0.25) is 0 Å². The van der Waals surface area contributed by atoms with Crippen LogP contribution in [0.1, 0.15) is 72.1 Å². The van der Waals surface area contributed by atoms with Crippen molar-refractivity contribution in [2.75, 3.05) is 6.54 Å². The second-order valence-electron chi connectivity index (χ2n) is 7.74. The molecule has 0 saturated heterocycles. The lowest BCUT2D eigenvalue weighted by molar-refractivity contribution is -0.140. The zero-order valence-electron chi connectivity index (χ0n) is 14.2. The number of carbonyl (C=O) groups excluding carboxylic acids is 1. The summed E-state index contributed by atoms with van der Waals surface area (Å²) in [7, 11) is 0. The highest BCUT2D eigenvalue weighted by Crippen LogP contribution is 2.32. The third-order valence-electron chi connectivity index (χ3n) is 5.61. The zero-order valence-corrected chi connectivity index (χ0v) is 14.2. The standard InChI is InChI=1S/C18H34N2O/c1-13(2)11-12-20(15-8-4-5-9-15)18(21)16-10-6-7-14(3)17(16)19/h13-17H,4-12,19H2,1-3H3. The molecule has 0 aromatic rings. The molecule has 2 saturated carbocycles. The Morgan fingerprint density at radius 1 is 1.14 bits per heavy atom. The van der Waals surface area contributed by atoms with Crippen molar-refractivity contribution in [3.05, 3.63) is 0 Å². The molecule has 2 rings (SSSR count). The second-order valence-corrected chi connectivity index (χ2v) is 7.74. The molecular weight excluding hydrogens is 260 g/mol. The van der Waals surface area contributed by atoms with Gasteiger partial charge in [0.2, 0.25) is 5.91 Å². The minimum absolute atomic E-state index is 0.0641. The smallest absolute Gasteiger partial charge is 0.227 e. The van der Waals surface area contributed by atoms with Crippen LogP contribution in [0.5, 0.6) is 0 Å². The lowest BCUT2D eigenvalue weighted by atomic mass is 9.77. The molecule has 0 bridgehead atoms. The van der Waals surface area contributed by atoms with Crippen LogP contribution in [-0.2, 0) is 4.79 Å². The Bertz CT molecular complexity index is 336. The first-order chi connectivity index (χ1) is 10.0. The fourth-order valence-electron chi connectivity index (χ4n) is 4.03. The lowest BCUT2D eigenvalue weighted by Crippen LogP contribution is -2.51. The maximum atomic E-state index is 13.1. The summed E-state index contributed by atoms with van der Waals surface area (Å²) in [5.41, 5.74) is 6.37. The molecule has 0 aromatic carbocycles. The summed E-state index contributed by atoms with van der Waals surface area (Å²) in [5, 5.41) is 0. The van der Waals surface area contributed by atoms with E-state index >= 15 is 0 Å². The molecule has 21 heavy (non-hydrogen) atoms. The summed E-state index contributed by atoms with van der Waals surface area (Å²) in [6.45, 7) is 7.62. The van der Waals surface area contributed by atoms with E-state index in [0.29, 0.717) is 23.8 Å². The van der Waals surface area contributed by atoms with Gasteiger partial charge in [-0.1, -0.05) is 40.0 Å². The molecule has 2 aliphatic carbocycles. The van der Waals surface area contributed by atoms with Gasteiger partial charge >= 0.3 is 0 Å². The Hall–Kier alpha value is -0.570. The maximum absolute atomic E-state index is 13.1. The average Bonchev–Trinajstić information content (AvgIpc) is 2.95. The van der Waals surface area contributed by atoms with Crippen LogP contribution in [-0.4, -0.2) is 29.4 Å². The fraction of sp³-hybridized carbons (Fsp3) is 0.944. The summed E-state index contributed by atoms with van der Waals surface area (Å²) in [6, 6.07) is 0.551. The molecule has 0 spiro atoms. The van der Waals surface area contributed by atoms with Crippen LogP contribution in [0.4, 0.5) is 0 Å². The van der Waals surface area contributed by atoms with Crippen molar-refractivity contribution in [3.8, 4) is 0 Å². The van der Waals surface area contributed by atoms with Gasteiger partial charge in [0.15, 0.2) is 0 Å². The molecule has 3 unspecified atom stereocenters. The van der Waals surface area contributed by atoms with Gasteiger partial charge in [0.25, 0.3) is 0 Å². The van der Waals surface area contributed by atoms with Crippen LogP contribution in [0.3, 0.4) is 0 Å². The van der Waals surface area contributed by atoms with Crippen LogP contribution in [0.25, 0.3) is 0 Å². The molecular formula is C18H34N2O. The minimum atomic E-state index is 0.0641. The monoisotopic (exact) mass is 294 g/mol. The Labute approximate surface area is 130 Å². The average molecular weight is 294 g/mol. The van der Waals surface area contributed by atoms with Gasteiger partial charge in [0.1, 0.15) is 0 Å². The maximum Gasteiger partial charge on any atom is 0.227 e. The lowest BCUT2D eigenvalue weighted by Gasteiger charge is -2.39. The highest BCUT2D eigenvalue weighted by molar-refractivity contribution is 5.80. The second kappa shape index (κ2) is 7.62. The zero-order chi connectivity index (χ0) is 15.4. The molecule has 2 aliphatic rings. The Morgan fingerprint density at radius 3 is 2.43 bits per heavy atom. The largest absolute Gasteiger partial charge is 0.339 e. The molecule has 3 nitrogen and oxygen atoms in total. The van der Waals surface area contributed by atoms with Crippen LogP contribution in [0.15, 0.2) is 0 Å². The predicted octanol–water partition coefficient (Wildman–Crippen LogP) is 3.57. The van der Waals surface area contributed by atoms with Gasteiger partial charge in [-0.15, -0.1) is 0 Å². The molecule has 3 atom stereocenters. The first-order valence-corrected chi connectivity index (χ1v) is 9.06. The van der Waals surface area contributed by atoms with Crippen molar-refractivity contribution in [1.29, 1.82) is 0 Å². The predicted molar refractivity (Wildman–Crippen MR) is 87.9 cm³/mol. The van der Waals surface area contributed by atoms with E-state index in [1.807, 2.05) is 0 Å². The molecule has 1 amide bonds. The van der Waals surface area contributed by atoms with Crippen molar-refractivity contribution >= 4 is 5.91 Å². The summed E-state index contributed by atoms with van der Waals surface area (Å²) < 4.78 is 0. The van der Waals surface area contributed by atoms with Gasteiger partial charge in [-0.2, -0.15) is 0 Å². The highest BCUT2D eigenvalue weighted by Gasteiger charge is 2.37. The van der Waals surface area contributed by atoms with Crippen LogP contribution < -0.4 is 5.73 Å². The number of nitrogens with zero attached hydrogens (tertiary/aromatic N) is 1. The third kappa shape index (κ3) is 4.21. The van der Waals surface area contributed by atoms with Gasteiger partial charge in [-0.05, 0) is 43.9 Å². The van der Waals surface area contributed by atoms with Gasteiger partial charge in [-0.25, -0.2) is 0 Å². The molecule has 0 heterocycles. The van der Waals surface area contributed by atoms with Crippen molar-refractivity contribution < 1.29 is 4.79 Å². The van der Waals surface area contributed by atoms with Gasteiger partial charge in [-0.3, -0.25) is 4.79 Å². The first kappa shape index (κ1) is 16.8. The number of rotatable bonds is 5. The molecule has 2 N–H and O–H groups in total. The number of hydrogen-bond acceptors (Lipinski definition) is 2. The Kier molecular flexibility index (Phi) is 6.09. The van der Waals surface area contributed by atoms with Gasteiger partial charge < -0.3 is 10.6 Å². The summed E-state index contributed by atoms with van der Waals surface area (Å²) in [4.78, 5) is 15.3. The highest BCUT2D eigenvalue weighted by atomic mass is 16.2. The van der Waals surface area contributed by atoms with E-state index in [4.69, 9.17) is 5.73 Å². The van der Waals surface area contributed by atoms with Crippen molar-refractivity contribution in [3.63, 3.8) is 0 Å². The topological polar surface area (TPSA) is 46.3 Å². The van der Waals surface area contributed by atoms with Crippen molar-refractivity contribution in [2.24, 2.45) is 23.5 Å². The van der Waals surface area contributed by atoms with Crippen molar-refractivity contribution in [1.82, 2.24) is 4.90 Å². The number of amides is 1. The van der Waals surface area contributed by atoms with Crippen LogP contribution in [0, 0.1) is 17.8 Å². The molecule has 2 fully saturated rings. The molecule has 3 heteroatoms. The SMILES string of the molecule is CC(C)CCN(C(=O)C1CCCC(C)C1N)C1CCCC1. The molecule has 0 aliphatic heterocycles. The molecule has 122 valence electrons. The first-order valence-electron chi connectivity index (χ1n) is 9.06. The van der Waals surface area contributed by atoms with E-state index in [1.54, 1.807) is 0 Å². The summed E-state index contributed by atoms with van der Waals surface area (Å²) >= 11 is 0. The minimum Gasteiger partial charge on any atom is -0.339 e. The Morgan fingerprint density at radius 2 is 1.81 bits per heavy atom. The number of carbonyl (C=O) groups is 1. The quantitative estimate of drug-likeness (QED) is 0.842. The summed E-state index contributed by atoms with van der Waals surface area (Å²) in [6.07, 6.45) is 9.40. The van der Waals surface area contributed by atoms with E-state index in [1.165, 1.54) is 32.1 Å². The van der Waals surface area contributed by atoms with E-state index < -0.39 is 0 Å². The van der Waals surface area contributed by atoms with E-state index in [0.717, 1.165) is 25.8 Å². The Balaban J connectivity index is 2.05. The molecule has 0 radical (unpaired) electrons. The number of hydrogen-bond donors (Lipinski definition) is 1.